The summed E-state index contributed by atoms with van der Waals surface area (Å²) in [6.07, 6.45) is -3.04. The van der Waals surface area contributed by atoms with Crippen LogP contribution in [-0.2, 0) is 25.3 Å². The molecule has 9 heteroatoms. The van der Waals surface area contributed by atoms with Crippen LogP contribution < -0.4 is 4.90 Å². The van der Waals surface area contributed by atoms with Crippen LogP contribution in [0, 0.1) is 5.92 Å². The standard InChI is InChI=1S/C14H16F3NO4S/c1-23(20,21)22-6-5-10-7-13(19)18(9-10)12-4-2-3-11(8-12)14(15,16)17/h2-4,8,10H,5-7,9H2,1H3. The van der Waals surface area contributed by atoms with Crippen LogP contribution in [-0.4, -0.2) is 33.7 Å². The minimum Gasteiger partial charge on any atom is -0.312 e. The maximum absolute atomic E-state index is 12.7. The summed E-state index contributed by atoms with van der Waals surface area (Å²) in [5, 5.41) is 0. The zero-order valence-electron chi connectivity index (χ0n) is 12.3. The van der Waals surface area contributed by atoms with E-state index in [1.54, 1.807) is 0 Å². The number of carbonyl (C=O) groups excluding carboxylic acids is 1. The number of rotatable bonds is 5. The first-order chi connectivity index (χ1) is 10.6. The molecule has 0 spiro atoms. The Bertz CT molecular complexity index is 688. The smallest absolute Gasteiger partial charge is 0.312 e. The summed E-state index contributed by atoms with van der Waals surface area (Å²) in [6, 6.07) is 4.59. The summed E-state index contributed by atoms with van der Waals surface area (Å²) in [4.78, 5) is 13.3. The first kappa shape index (κ1) is 17.7. The van der Waals surface area contributed by atoms with Crippen molar-refractivity contribution in [2.24, 2.45) is 5.92 Å². The number of carbonyl (C=O) groups is 1. The quantitative estimate of drug-likeness (QED) is 0.765. The Morgan fingerprint density at radius 2 is 2.04 bits per heavy atom. The topological polar surface area (TPSA) is 63.7 Å². The molecule has 0 N–H and O–H groups in total. The number of halogens is 3. The molecule has 1 unspecified atom stereocenters. The van der Waals surface area contributed by atoms with Crippen molar-refractivity contribution in [2.45, 2.75) is 19.0 Å². The Morgan fingerprint density at radius 1 is 1.35 bits per heavy atom. The Balaban J connectivity index is 2.03. The van der Waals surface area contributed by atoms with Crippen molar-refractivity contribution < 1.29 is 30.6 Å². The van der Waals surface area contributed by atoms with Crippen molar-refractivity contribution >= 4 is 21.7 Å². The van der Waals surface area contributed by atoms with Crippen molar-refractivity contribution in [3.8, 4) is 0 Å². The zero-order chi connectivity index (χ0) is 17.3. The number of benzene rings is 1. The van der Waals surface area contributed by atoms with Crippen molar-refractivity contribution in [2.75, 3.05) is 24.3 Å². The van der Waals surface area contributed by atoms with Gasteiger partial charge in [0.25, 0.3) is 10.1 Å². The Kier molecular flexibility index (Phi) is 5.00. The van der Waals surface area contributed by atoms with E-state index in [-0.39, 0.29) is 37.1 Å². The van der Waals surface area contributed by atoms with Crippen LogP contribution in [0.25, 0.3) is 0 Å². The van der Waals surface area contributed by atoms with E-state index in [1.807, 2.05) is 0 Å². The van der Waals surface area contributed by atoms with Gasteiger partial charge in [0.2, 0.25) is 5.91 Å². The fourth-order valence-corrected chi connectivity index (χ4v) is 2.84. The predicted molar refractivity (Wildman–Crippen MR) is 77.3 cm³/mol. The first-order valence-corrected chi connectivity index (χ1v) is 8.70. The highest BCUT2D eigenvalue weighted by atomic mass is 32.2. The summed E-state index contributed by atoms with van der Waals surface area (Å²) >= 11 is 0. The summed E-state index contributed by atoms with van der Waals surface area (Å²) < 4.78 is 64.6. The van der Waals surface area contributed by atoms with E-state index in [0.717, 1.165) is 18.4 Å². The van der Waals surface area contributed by atoms with Crippen LogP contribution in [0.3, 0.4) is 0 Å². The molecule has 2 rings (SSSR count). The third-order valence-corrected chi connectivity index (χ3v) is 4.11. The van der Waals surface area contributed by atoms with E-state index < -0.39 is 21.9 Å². The summed E-state index contributed by atoms with van der Waals surface area (Å²) in [5.41, 5.74) is -0.622. The fourth-order valence-electron chi connectivity index (χ4n) is 2.44. The molecule has 1 saturated heterocycles. The molecule has 1 amide bonds. The normalized spacial score (nSPS) is 19.4. The average Bonchev–Trinajstić information content (AvgIpc) is 2.77. The van der Waals surface area contributed by atoms with Gasteiger partial charge in [-0.05, 0) is 30.5 Å². The van der Waals surface area contributed by atoms with E-state index >= 15 is 0 Å². The SMILES string of the molecule is CS(=O)(=O)OCCC1CC(=O)N(c2cccc(C(F)(F)F)c2)C1. The van der Waals surface area contributed by atoms with Gasteiger partial charge in [-0.3, -0.25) is 8.98 Å². The molecule has 1 heterocycles. The second-order valence-corrected chi connectivity index (χ2v) is 7.08. The number of hydrogen-bond acceptors (Lipinski definition) is 4. The van der Waals surface area contributed by atoms with Crippen molar-refractivity contribution in [3.05, 3.63) is 29.8 Å². The van der Waals surface area contributed by atoms with Gasteiger partial charge in [-0.25, -0.2) is 0 Å². The van der Waals surface area contributed by atoms with E-state index in [0.29, 0.717) is 6.42 Å². The molecule has 1 aliphatic rings. The molecule has 1 aliphatic heterocycles. The third kappa shape index (κ3) is 4.93. The van der Waals surface area contributed by atoms with Crippen molar-refractivity contribution in [3.63, 3.8) is 0 Å². The Labute approximate surface area is 132 Å². The molecule has 1 fully saturated rings. The summed E-state index contributed by atoms with van der Waals surface area (Å²) in [5.74, 6) is -0.438. The lowest BCUT2D eigenvalue weighted by Crippen LogP contribution is -2.25. The summed E-state index contributed by atoms with van der Waals surface area (Å²) in [7, 11) is -3.54. The molecular formula is C14H16F3NO4S. The lowest BCUT2D eigenvalue weighted by Gasteiger charge is -2.18. The largest absolute Gasteiger partial charge is 0.416 e. The van der Waals surface area contributed by atoms with Crippen molar-refractivity contribution in [1.82, 2.24) is 0 Å². The molecule has 1 aromatic carbocycles. The Hall–Kier alpha value is -1.61. The lowest BCUT2D eigenvalue weighted by molar-refractivity contribution is -0.137. The van der Waals surface area contributed by atoms with Gasteiger partial charge in [-0.2, -0.15) is 21.6 Å². The summed E-state index contributed by atoms with van der Waals surface area (Å²) in [6.45, 7) is 0.195. The second-order valence-electron chi connectivity index (χ2n) is 5.44. The minimum atomic E-state index is -4.47. The van der Waals surface area contributed by atoms with E-state index in [2.05, 4.69) is 4.18 Å². The maximum Gasteiger partial charge on any atom is 0.416 e. The molecule has 1 atom stereocenters. The van der Waals surface area contributed by atoms with Gasteiger partial charge in [0.05, 0.1) is 18.4 Å². The number of nitrogens with zero attached hydrogens (tertiary/aromatic N) is 1. The van der Waals surface area contributed by atoms with Crippen molar-refractivity contribution in [1.29, 1.82) is 0 Å². The van der Waals surface area contributed by atoms with Gasteiger partial charge >= 0.3 is 6.18 Å². The maximum atomic E-state index is 12.7. The molecule has 5 nitrogen and oxygen atoms in total. The van der Waals surface area contributed by atoms with Gasteiger partial charge in [-0.15, -0.1) is 0 Å². The average molecular weight is 351 g/mol. The van der Waals surface area contributed by atoms with Gasteiger partial charge in [0.1, 0.15) is 0 Å². The van der Waals surface area contributed by atoms with Gasteiger partial charge in [0, 0.05) is 18.7 Å². The lowest BCUT2D eigenvalue weighted by atomic mass is 10.1. The molecule has 0 bridgehead atoms. The van der Waals surface area contributed by atoms with Crippen LogP contribution in [0.15, 0.2) is 24.3 Å². The van der Waals surface area contributed by atoms with Crippen LogP contribution in [0.4, 0.5) is 18.9 Å². The molecule has 0 saturated carbocycles. The second kappa shape index (κ2) is 6.48. The van der Waals surface area contributed by atoms with Crippen LogP contribution in [0.5, 0.6) is 0 Å². The highest BCUT2D eigenvalue weighted by Crippen LogP contribution is 2.33. The number of amides is 1. The molecule has 23 heavy (non-hydrogen) atoms. The molecular weight excluding hydrogens is 335 g/mol. The zero-order valence-corrected chi connectivity index (χ0v) is 13.2. The number of alkyl halides is 3. The van der Waals surface area contributed by atoms with E-state index in [4.69, 9.17) is 0 Å². The van der Waals surface area contributed by atoms with Gasteiger partial charge in [-0.1, -0.05) is 6.07 Å². The van der Waals surface area contributed by atoms with Gasteiger partial charge < -0.3 is 4.90 Å². The first-order valence-electron chi connectivity index (χ1n) is 6.88. The van der Waals surface area contributed by atoms with Crippen LogP contribution in [0.2, 0.25) is 0 Å². The number of anilines is 1. The van der Waals surface area contributed by atoms with E-state index in [1.165, 1.54) is 17.0 Å². The minimum absolute atomic E-state index is 0.0484. The highest BCUT2D eigenvalue weighted by molar-refractivity contribution is 7.85. The number of hydrogen-bond donors (Lipinski definition) is 0. The predicted octanol–water partition coefficient (Wildman–Crippen LogP) is 2.42. The molecule has 1 aromatic rings. The molecule has 128 valence electrons. The molecule has 0 aliphatic carbocycles. The van der Waals surface area contributed by atoms with E-state index in [9.17, 15) is 26.4 Å². The highest BCUT2D eigenvalue weighted by Gasteiger charge is 2.34. The third-order valence-electron chi connectivity index (χ3n) is 3.51. The van der Waals surface area contributed by atoms with Gasteiger partial charge in [0.15, 0.2) is 0 Å². The van der Waals surface area contributed by atoms with Crippen LogP contribution >= 0.6 is 0 Å². The fraction of sp³-hybridized carbons (Fsp3) is 0.500. The van der Waals surface area contributed by atoms with Crippen LogP contribution in [0.1, 0.15) is 18.4 Å². The molecule has 0 aromatic heterocycles. The Morgan fingerprint density at radius 3 is 2.65 bits per heavy atom. The molecule has 0 radical (unpaired) electrons. The monoisotopic (exact) mass is 351 g/mol.